The first-order valence-electron chi connectivity index (χ1n) is 8.49. The molecule has 0 saturated carbocycles. The minimum absolute atomic E-state index is 0. The summed E-state index contributed by atoms with van der Waals surface area (Å²) in [5.41, 5.74) is 0. The van der Waals surface area contributed by atoms with Crippen LogP contribution in [0.5, 0.6) is 0 Å². The molecule has 10 nitrogen and oxygen atoms in total. The van der Waals surface area contributed by atoms with Crippen molar-refractivity contribution in [1.29, 1.82) is 0 Å². The van der Waals surface area contributed by atoms with Gasteiger partial charge in [-0.15, -0.1) is 0 Å². The van der Waals surface area contributed by atoms with Gasteiger partial charge >= 0.3 is 29.3 Å². The summed E-state index contributed by atoms with van der Waals surface area (Å²) in [6, 6.07) is 0. The van der Waals surface area contributed by atoms with Crippen molar-refractivity contribution < 1.29 is 48.5 Å². The van der Waals surface area contributed by atoms with Crippen LogP contribution >= 0.6 is 0 Å². The Morgan fingerprint density at radius 2 is 1.03 bits per heavy atom. The Morgan fingerprint density at radius 3 is 1.24 bits per heavy atom. The second-order valence-corrected chi connectivity index (χ2v) is 5.52. The first-order valence-corrected chi connectivity index (χ1v) is 8.49. The van der Waals surface area contributed by atoms with Crippen LogP contribution in [0.3, 0.4) is 0 Å². The minimum Gasteiger partial charge on any atom is -0.550 e. The largest absolute Gasteiger partial charge is 2.00 e. The molecule has 11 heteroatoms. The van der Waals surface area contributed by atoms with Gasteiger partial charge in [0, 0.05) is 44.5 Å². The van der Waals surface area contributed by atoms with Crippen molar-refractivity contribution in [3.63, 3.8) is 0 Å². The van der Waals surface area contributed by atoms with Crippen LogP contribution in [0.4, 0.5) is 0 Å². The molecule has 29 heavy (non-hydrogen) atoms. The molecule has 1 radical (unpaired) electrons. The van der Waals surface area contributed by atoms with Crippen molar-refractivity contribution in [2.45, 2.75) is 72.6 Å². The molecule has 0 aliphatic rings. The van der Waals surface area contributed by atoms with Crippen molar-refractivity contribution in [2.75, 3.05) is 0 Å². The zero-order valence-electron chi connectivity index (χ0n) is 17.1. The summed E-state index contributed by atoms with van der Waals surface area (Å²) < 4.78 is 4.06. The number of carboxylic acid groups (broad SMARTS) is 2. The predicted octanol–water partition coefficient (Wildman–Crippen LogP) is -1.33. The topological polar surface area (TPSA) is 175 Å². The third-order valence-electron chi connectivity index (χ3n) is 2.39. The van der Waals surface area contributed by atoms with Gasteiger partial charge in [-0.05, 0) is 19.8 Å². The number of carbonyl (C=O) groups is 7. The standard InChI is InChI=1S/C6H8O4.2C6H10O3.Al/c1-4(7)3-6(9)10-5(2)8;2*1-2-3-5(7)4-6(8)9;/h3H2,1-2H3;2*2-4H2,1H3,(H,8,9);/q;;;+2/p-2. The Bertz CT molecular complexity index is 521. The minimum atomic E-state index is -1.28. The second-order valence-electron chi connectivity index (χ2n) is 5.52. The van der Waals surface area contributed by atoms with Gasteiger partial charge in [0.1, 0.15) is 23.8 Å². The number of Topliss-reactive ketones (excluding diaryl/α,β-unsaturated/α-hetero) is 3. The Labute approximate surface area is 180 Å². The molecule has 0 fully saturated rings. The first kappa shape index (κ1) is 34.2. The Balaban J connectivity index is -0.000000159. The van der Waals surface area contributed by atoms with Crippen molar-refractivity contribution in [3.05, 3.63) is 0 Å². The summed E-state index contributed by atoms with van der Waals surface area (Å²) >= 11 is 0. The Kier molecular flexibility index (Phi) is 25.8. The second kappa shape index (κ2) is 21.9. The maximum atomic E-state index is 10.4. The van der Waals surface area contributed by atoms with Crippen LogP contribution in [-0.4, -0.2) is 58.6 Å². The maximum absolute atomic E-state index is 10.4. The van der Waals surface area contributed by atoms with Crippen LogP contribution in [-0.2, 0) is 38.3 Å². The van der Waals surface area contributed by atoms with E-state index >= 15 is 0 Å². The molecule has 161 valence electrons. The van der Waals surface area contributed by atoms with Crippen LogP contribution in [0.1, 0.15) is 72.6 Å². The van der Waals surface area contributed by atoms with E-state index in [4.69, 9.17) is 0 Å². The van der Waals surface area contributed by atoms with E-state index in [1.54, 1.807) is 0 Å². The third-order valence-corrected chi connectivity index (χ3v) is 2.39. The SMILES string of the molecule is CC(=O)CC(=O)OC(C)=O.CCCC(=O)CC(=O)[O-].CCCC(=O)CC(=O)[O-].[Al+2]. The number of ether oxygens (including phenoxy) is 1. The number of carboxylic acids is 2. The van der Waals surface area contributed by atoms with Crippen LogP contribution in [0.15, 0.2) is 0 Å². The molecular formula is C18H26AlO10. The average molecular weight is 429 g/mol. The van der Waals surface area contributed by atoms with Crippen LogP contribution in [0.25, 0.3) is 0 Å². The normalized spacial score (nSPS) is 8.55. The number of esters is 2. The van der Waals surface area contributed by atoms with Crippen LogP contribution < -0.4 is 10.2 Å². The predicted molar refractivity (Wildman–Crippen MR) is 96.9 cm³/mol. The van der Waals surface area contributed by atoms with Gasteiger partial charge in [-0.2, -0.15) is 0 Å². The van der Waals surface area contributed by atoms with E-state index in [0.29, 0.717) is 25.7 Å². The van der Waals surface area contributed by atoms with Crippen molar-refractivity contribution in [2.24, 2.45) is 0 Å². The van der Waals surface area contributed by atoms with Gasteiger partial charge < -0.3 is 24.5 Å². The molecule has 0 atom stereocenters. The number of ketones is 3. The van der Waals surface area contributed by atoms with Gasteiger partial charge in [0.2, 0.25) is 0 Å². The number of hydrogen-bond donors (Lipinski definition) is 0. The molecule has 0 amide bonds. The molecule has 0 aromatic heterocycles. The molecule has 0 bridgehead atoms. The summed E-state index contributed by atoms with van der Waals surface area (Å²) in [6.07, 6.45) is 0.876. The Hall–Kier alpha value is -2.38. The molecular weight excluding hydrogens is 403 g/mol. The summed E-state index contributed by atoms with van der Waals surface area (Å²) in [5.74, 6) is -4.87. The van der Waals surface area contributed by atoms with Crippen LogP contribution in [0.2, 0.25) is 0 Å². The molecule has 0 aliphatic heterocycles. The maximum Gasteiger partial charge on any atom is 2.00 e. The summed E-state index contributed by atoms with van der Waals surface area (Å²) in [4.78, 5) is 71.1. The van der Waals surface area contributed by atoms with Gasteiger partial charge in [0.15, 0.2) is 0 Å². The van der Waals surface area contributed by atoms with Gasteiger partial charge in [0.05, 0.1) is 0 Å². The van der Waals surface area contributed by atoms with E-state index in [0.717, 1.165) is 6.92 Å². The Morgan fingerprint density at radius 1 is 0.690 bits per heavy atom. The number of hydrogen-bond acceptors (Lipinski definition) is 10. The molecule has 0 aliphatic carbocycles. The van der Waals surface area contributed by atoms with Crippen molar-refractivity contribution in [1.82, 2.24) is 0 Å². The fourth-order valence-corrected chi connectivity index (χ4v) is 1.46. The van der Waals surface area contributed by atoms with Crippen molar-refractivity contribution in [3.8, 4) is 0 Å². The zero-order chi connectivity index (χ0) is 22.7. The van der Waals surface area contributed by atoms with E-state index in [9.17, 15) is 43.8 Å². The molecule has 0 aromatic carbocycles. The molecule has 0 heterocycles. The molecule has 0 N–H and O–H groups in total. The number of aliphatic carboxylic acids is 2. The molecule has 0 spiro atoms. The quantitative estimate of drug-likeness (QED) is 0.230. The van der Waals surface area contributed by atoms with Crippen molar-refractivity contribution >= 4 is 58.6 Å². The summed E-state index contributed by atoms with van der Waals surface area (Å²) in [7, 11) is 0. The summed E-state index contributed by atoms with van der Waals surface area (Å²) in [6.45, 7) is 6.01. The number of carbonyl (C=O) groups excluding carboxylic acids is 7. The zero-order valence-corrected chi connectivity index (χ0v) is 18.3. The summed E-state index contributed by atoms with van der Waals surface area (Å²) in [5, 5.41) is 19.5. The van der Waals surface area contributed by atoms with Gasteiger partial charge in [-0.1, -0.05) is 13.8 Å². The molecule has 0 rings (SSSR count). The van der Waals surface area contributed by atoms with E-state index in [2.05, 4.69) is 4.74 Å². The van der Waals surface area contributed by atoms with Gasteiger partial charge in [0.25, 0.3) is 0 Å². The fraction of sp³-hybridized carbons (Fsp3) is 0.611. The van der Waals surface area contributed by atoms with E-state index in [1.807, 2.05) is 13.8 Å². The average Bonchev–Trinajstić information content (AvgIpc) is 2.45. The van der Waals surface area contributed by atoms with E-state index < -0.39 is 36.7 Å². The third kappa shape index (κ3) is 37.1. The van der Waals surface area contributed by atoms with Crippen LogP contribution in [0, 0.1) is 0 Å². The van der Waals surface area contributed by atoms with Gasteiger partial charge in [-0.25, -0.2) is 0 Å². The molecule has 0 saturated heterocycles. The molecule has 0 aromatic rings. The number of rotatable bonds is 10. The first-order chi connectivity index (χ1) is 12.8. The molecule has 0 unspecified atom stereocenters. The van der Waals surface area contributed by atoms with E-state index in [-0.39, 0.29) is 41.1 Å². The smallest absolute Gasteiger partial charge is 0.550 e. The fourth-order valence-electron chi connectivity index (χ4n) is 1.46. The van der Waals surface area contributed by atoms with Gasteiger partial charge in [-0.3, -0.25) is 24.0 Å². The monoisotopic (exact) mass is 429 g/mol. The van der Waals surface area contributed by atoms with E-state index in [1.165, 1.54) is 6.92 Å².